The number of nitrogens with zero attached hydrogens (tertiary/aromatic N) is 4. The van der Waals surface area contributed by atoms with Gasteiger partial charge in [-0.2, -0.15) is 0 Å². The Labute approximate surface area is 261 Å². The Morgan fingerprint density at radius 3 is 2.49 bits per heavy atom. The van der Waals surface area contributed by atoms with Crippen LogP contribution >= 0.6 is 0 Å². The largest absolute Gasteiger partial charge is 0.444 e. The Balaban J connectivity index is 1.38. The highest BCUT2D eigenvalue weighted by Crippen LogP contribution is 2.31. The van der Waals surface area contributed by atoms with E-state index in [2.05, 4.69) is 25.6 Å². The first-order chi connectivity index (χ1) is 21.3. The summed E-state index contributed by atoms with van der Waals surface area (Å²) >= 11 is 0. The number of piperidine rings is 1. The molecule has 234 valence electrons. The zero-order chi connectivity index (χ0) is 32.2. The number of aryl methyl sites for hydroxylation is 1. The number of halogens is 2. The van der Waals surface area contributed by atoms with Crippen molar-refractivity contribution < 1.29 is 23.1 Å². The third-order valence-electron chi connectivity index (χ3n) is 7.24. The van der Waals surface area contributed by atoms with Crippen LogP contribution in [0.3, 0.4) is 0 Å². The summed E-state index contributed by atoms with van der Waals surface area (Å²) in [5.41, 5.74) is 4.08. The molecule has 2 N–H and O–H groups in total. The highest BCUT2D eigenvalue weighted by atomic mass is 19.3. The molecular formula is C34H36F2N6O3. The van der Waals surface area contributed by atoms with Crippen molar-refractivity contribution >= 4 is 17.8 Å². The van der Waals surface area contributed by atoms with Crippen molar-refractivity contribution in [2.75, 3.05) is 18.4 Å². The van der Waals surface area contributed by atoms with Gasteiger partial charge in [0.05, 0.1) is 5.69 Å². The first-order valence-corrected chi connectivity index (χ1v) is 14.7. The molecule has 0 saturated carbocycles. The van der Waals surface area contributed by atoms with Crippen LogP contribution in [0.5, 0.6) is 0 Å². The number of pyridine rings is 3. The van der Waals surface area contributed by atoms with Gasteiger partial charge in [-0.05, 0) is 80.8 Å². The van der Waals surface area contributed by atoms with Crippen molar-refractivity contribution in [3.05, 3.63) is 96.1 Å². The number of carbonyl (C=O) groups is 2. The Morgan fingerprint density at radius 2 is 1.78 bits per heavy atom. The number of benzene rings is 1. The molecule has 1 atom stereocenters. The fourth-order valence-electron chi connectivity index (χ4n) is 5.02. The molecule has 4 aromatic rings. The quantitative estimate of drug-likeness (QED) is 0.245. The number of hydrogen-bond donors (Lipinski definition) is 2. The fourth-order valence-corrected chi connectivity index (χ4v) is 5.02. The van der Waals surface area contributed by atoms with Crippen LogP contribution in [-0.4, -0.2) is 62.5 Å². The predicted octanol–water partition coefficient (Wildman–Crippen LogP) is 6.50. The molecule has 45 heavy (non-hydrogen) atoms. The van der Waals surface area contributed by atoms with Crippen LogP contribution in [-0.2, 0) is 11.3 Å². The SMILES string of the molecule is Cc1ccc(-c2cc(CN3CCC(F)(F)[C@H](NC(=O)OC(C)(C)C)C3)cc(NC(=O)c3cc(-c4ccccc4)ccn3)n2)cn1. The maximum absolute atomic E-state index is 14.8. The molecule has 2 amide bonds. The summed E-state index contributed by atoms with van der Waals surface area (Å²) in [6, 6.07) is 19.1. The van der Waals surface area contributed by atoms with Gasteiger partial charge in [-0.3, -0.25) is 19.7 Å². The lowest BCUT2D eigenvalue weighted by Crippen LogP contribution is -2.58. The zero-order valence-electron chi connectivity index (χ0n) is 25.7. The van der Waals surface area contributed by atoms with Crippen molar-refractivity contribution in [3.8, 4) is 22.4 Å². The van der Waals surface area contributed by atoms with E-state index in [1.807, 2.05) is 66.4 Å². The van der Waals surface area contributed by atoms with Crippen LogP contribution in [0, 0.1) is 6.92 Å². The van der Waals surface area contributed by atoms with E-state index < -0.39 is 36.0 Å². The van der Waals surface area contributed by atoms with Crippen LogP contribution in [0.25, 0.3) is 22.4 Å². The number of amides is 2. The lowest BCUT2D eigenvalue weighted by atomic mass is 10.00. The summed E-state index contributed by atoms with van der Waals surface area (Å²) in [5, 5.41) is 5.22. The molecule has 0 spiro atoms. The van der Waals surface area contributed by atoms with Crippen LogP contribution in [0.15, 0.2) is 79.1 Å². The summed E-state index contributed by atoms with van der Waals surface area (Å²) in [7, 11) is 0. The summed E-state index contributed by atoms with van der Waals surface area (Å²) in [4.78, 5) is 40.8. The number of alkyl halides is 2. The molecule has 1 fully saturated rings. The van der Waals surface area contributed by atoms with E-state index in [0.717, 1.165) is 27.9 Å². The molecule has 1 aromatic carbocycles. The van der Waals surface area contributed by atoms with E-state index in [-0.39, 0.29) is 31.1 Å². The lowest BCUT2D eigenvalue weighted by molar-refractivity contribution is -0.0859. The van der Waals surface area contributed by atoms with Gasteiger partial charge in [0.25, 0.3) is 11.8 Å². The lowest BCUT2D eigenvalue weighted by Gasteiger charge is -2.38. The third-order valence-corrected chi connectivity index (χ3v) is 7.24. The van der Waals surface area contributed by atoms with Crippen LogP contribution in [0.2, 0.25) is 0 Å². The second-order valence-corrected chi connectivity index (χ2v) is 12.1. The topological polar surface area (TPSA) is 109 Å². The van der Waals surface area contributed by atoms with Crippen molar-refractivity contribution in [3.63, 3.8) is 0 Å². The second kappa shape index (κ2) is 13.1. The average molecular weight is 615 g/mol. The van der Waals surface area contributed by atoms with Gasteiger partial charge in [-0.15, -0.1) is 0 Å². The minimum atomic E-state index is -3.09. The van der Waals surface area contributed by atoms with E-state index in [1.165, 1.54) is 0 Å². The van der Waals surface area contributed by atoms with Crippen molar-refractivity contribution in [1.29, 1.82) is 0 Å². The molecule has 0 bridgehead atoms. The number of anilines is 1. The highest BCUT2D eigenvalue weighted by Gasteiger charge is 2.45. The number of carbonyl (C=O) groups excluding carboxylic acids is 2. The molecule has 11 heteroatoms. The molecule has 0 radical (unpaired) electrons. The Bertz CT molecular complexity index is 1660. The van der Waals surface area contributed by atoms with Crippen molar-refractivity contribution in [1.82, 2.24) is 25.2 Å². The van der Waals surface area contributed by atoms with E-state index in [4.69, 9.17) is 4.74 Å². The van der Waals surface area contributed by atoms with Gasteiger partial charge in [0.2, 0.25) is 0 Å². The third kappa shape index (κ3) is 8.45. The molecular weight excluding hydrogens is 578 g/mol. The van der Waals surface area contributed by atoms with Gasteiger partial charge >= 0.3 is 6.09 Å². The minimum absolute atomic E-state index is 0.0894. The summed E-state index contributed by atoms with van der Waals surface area (Å²) in [6.07, 6.45) is 1.96. The molecule has 1 saturated heterocycles. The molecule has 5 rings (SSSR count). The number of ether oxygens (including phenoxy) is 1. The highest BCUT2D eigenvalue weighted by molar-refractivity contribution is 6.03. The number of alkyl carbamates (subject to hydrolysis) is 1. The van der Waals surface area contributed by atoms with Gasteiger partial charge in [-0.25, -0.2) is 18.6 Å². The fraction of sp³-hybridized carbons (Fsp3) is 0.324. The van der Waals surface area contributed by atoms with Crippen molar-refractivity contribution in [2.24, 2.45) is 0 Å². The molecule has 0 aliphatic carbocycles. The maximum atomic E-state index is 14.8. The number of nitrogens with one attached hydrogen (secondary N) is 2. The monoisotopic (exact) mass is 614 g/mol. The Kier molecular flexibility index (Phi) is 9.19. The minimum Gasteiger partial charge on any atom is -0.444 e. The van der Waals surface area contributed by atoms with E-state index in [0.29, 0.717) is 5.69 Å². The zero-order valence-corrected chi connectivity index (χ0v) is 25.7. The first kappa shape index (κ1) is 31.6. The number of likely N-dealkylation sites (tertiary alicyclic amines) is 1. The summed E-state index contributed by atoms with van der Waals surface area (Å²) in [6.45, 7) is 7.21. The van der Waals surface area contributed by atoms with Gasteiger partial charge in [0.1, 0.15) is 23.2 Å². The molecule has 4 heterocycles. The molecule has 0 unspecified atom stereocenters. The van der Waals surface area contributed by atoms with Crippen LogP contribution in [0.4, 0.5) is 19.4 Å². The van der Waals surface area contributed by atoms with Gasteiger partial charge in [0.15, 0.2) is 0 Å². The maximum Gasteiger partial charge on any atom is 0.408 e. The normalized spacial score (nSPS) is 16.5. The molecule has 1 aliphatic heterocycles. The summed E-state index contributed by atoms with van der Waals surface area (Å²) in [5.74, 6) is -3.25. The summed E-state index contributed by atoms with van der Waals surface area (Å²) < 4.78 is 34.9. The van der Waals surface area contributed by atoms with Gasteiger partial charge < -0.3 is 15.4 Å². The van der Waals surface area contributed by atoms with Gasteiger partial charge in [0, 0.05) is 49.7 Å². The first-order valence-electron chi connectivity index (χ1n) is 14.7. The predicted molar refractivity (Wildman–Crippen MR) is 168 cm³/mol. The van der Waals surface area contributed by atoms with E-state index in [1.54, 1.807) is 45.3 Å². The van der Waals surface area contributed by atoms with Crippen LogP contribution < -0.4 is 10.6 Å². The smallest absolute Gasteiger partial charge is 0.408 e. The standard InChI is InChI=1S/C34H36F2N6O3/c1-22-10-11-26(19-38-22)27-16-23(20-42-15-13-34(35,36)29(21-42)40-32(44)45-33(2,3)4)17-30(39-27)41-31(43)28-18-25(12-14-37-28)24-8-6-5-7-9-24/h5-12,14,16-19,29H,13,15,20-21H2,1-4H3,(H,40,44)(H,39,41,43)/t29-/m1/s1. The van der Waals surface area contributed by atoms with Crippen molar-refractivity contribution in [2.45, 2.75) is 58.2 Å². The molecule has 9 nitrogen and oxygen atoms in total. The second-order valence-electron chi connectivity index (χ2n) is 12.1. The van der Waals surface area contributed by atoms with Gasteiger partial charge in [-0.1, -0.05) is 30.3 Å². The molecule has 3 aromatic heterocycles. The number of hydrogen-bond acceptors (Lipinski definition) is 7. The Morgan fingerprint density at radius 1 is 1.00 bits per heavy atom. The van der Waals surface area contributed by atoms with E-state index >= 15 is 0 Å². The average Bonchev–Trinajstić information content (AvgIpc) is 2.99. The number of rotatable bonds is 7. The number of aromatic nitrogens is 3. The Hall–Kier alpha value is -4.77. The molecule has 1 aliphatic rings. The van der Waals surface area contributed by atoms with E-state index in [9.17, 15) is 18.4 Å². The van der Waals surface area contributed by atoms with Crippen LogP contribution in [0.1, 0.15) is 48.9 Å².